The molecule has 0 amide bonds. The minimum atomic E-state index is -0.645. The molecule has 1 unspecified atom stereocenters. The number of aliphatic hydroxyl groups excluding tert-OH is 1. The Balaban J connectivity index is 2.06. The smallest absolute Gasteiger partial charge is 0.177 e. The van der Waals surface area contributed by atoms with Gasteiger partial charge in [0, 0.05) is 17.5 Å². The molecule has 0 aliphatic heterocycles. The number of rotatable bonds is 3. The molecule has 7 heteroatoms. The van der Waals surface area contributed by atoms with Crippen molar-refractivity contribution < 1.29 is 5.11 Å². The van der Waals surface area contributed by atoms with Gasteiger partial charge in [0.25, 0.3) is 0 Å². The molecule has 80 valence electrons. The summed E-state index contributed by atoms with van der Waals surface area (Å²) in [6.45, 7) is 1.90. The molecule has 0 saturated heterocycles. The Bertz CT molecular complexity index is 451. The molecule has 0 aliphatic rings. The van der Waals surface area contributed by atoms with E-state index in [1.165, 1.54) is 16.1 Å². The number of aryl methyl sites for hydroxylation is 2. The highest BCUT2D eigenvalue weighted by atomic mass is 32.1. The summed E-state index contributed by atoms with van der Waals surface area (Å²) in [5, 5.41) is 23.9. The van der Waals surface area contributed by atoms with Gasteiger partial charge in [-0.05, 0) is 12.1 Å². The molecular weight excluding hydrogens is 214 g/mol. The first-order valence-corrected chi connectivity index (χ1v) is 5.36. The van der Waals surface area contributed by atoms with Crippen molar-refractivity contribution >= 4 is 11.3 Å². The van der Waals surface area contributed by atoms with Crippen LogP contribution in [0.2, 0.25) is 0 Å². The molecule has 0 aromatic carbocycles. The molecule has 1 N–H and O–H groups in total. The van der Waals surface area contributed by atoms with Crippen LogP contribution in [-0.4, -0.2) is 30.3 Å². The monoisotopic (exact) mass is 225 g/mol. The van der Waals surface area contributed by atoms with E-state index < -0.39 is 6.10 Å². The molecule has 1 atom stereocenters. The Morgan fingerprint density at radius 2 is 2.40 bits per heavy atom. The first kappa shape index (κ1) is 10.2. The van der Waals surface area contributed by atoms with Crippen molar-refractivity contribution in [2.75, 3.05) is 0 Å². The summed E-state index contributed by atoms with van der Waals surface area (Å²) in [7, 11) is 1.69. The molecule has 0 fully saturated rings. The van der Waals surface area contributed by atoms with Gasteiger partial charge >= 0.3 is 0 Å². The van der Waals surface area contributed by atoms with Gasteiger partial charge in [0.1, 0.15) is 11.1 Å². The second-order valence-electron chi connectivity index (χ2n) is 3.24. The van der Waals surface area contributed by atoms with E-state index in [9.17, 15) is 5.11 Å². The van der Waals surface area contributed by atoms with Crippen LogP contribution in [0.15, 0.2) is 5.38 Å². The van der Waals surface area contributed by atoms with Crippen molar-refractivity contribution in [2.24, 2.45) is 7.05 Å². The van der Waals surface area contributed by atoms with Gasteiger partial charge in [-0.25, -0.2) is 4.98 Å². The highest BCUT2D eigenvalue weighted by molar-refractivity contribution is 7.09. The summed E-state index contributed by atoms with van der Waals surface area (Å²) in [5.74, 6) is 0.526. The van der Waals surface area contributed by atoms with Crippen molar-refractivity contribution in [1.82, 2.24) is 25.2 Å². The summed E-state index contributed by atoms with van der Waals surface area (Å²) in [5.41, 5.74) is 0.918. The summed E-state index contributed by atoms with van der Waals surface area (Å²) in [4.78, 5) is 5.57. The van der Waals surface area contributed by atoms with Crippen molar-refractivity contribution in [3.63, 3.8) is 0 Å². The van der Waals surface area contributed by atoms with E-state index in [0.29, 0.717) is 17.3 Å². The van der Waals surface area contributed by atoms with E-state index in [4.69, 9.17) is 0 Å². The lowest BCUT2D eigenvalue weighted by atomic mass is 10.2. The average Bonchev–Trinajstić information content (AvgIpc) is 2.75. The highest BCUT2D eigenvalue weighted by Crippen LogP contribution is 2.20. The Morgan fingerprint density at radius 1 is 1.60 bits per heavy atom. The summed E-state index contributed by atoms with van der Waals surface area (Å²) in [6, 6.07) is 0. The average molecular weight is 225 g/mol. The quantitative estimate of drug-likeness (QED) is 0.810. The van der Waals surface area contributed by atoms with Crippen LogP contribution in [0.4, 0.5) is 0 Å². The van der Waals surface area contributed by atoms with Gasteiger partial charge in [-0.1, -0.05) is 0 Å². The molecule has 2 heterocycles. The van der Waals surface area contributed by atoms with Crippen molar-refractivity contribution in [1.29, 1.82) is 0 Å². The van der Waals surface area contributed by atoms with Gasteiger partial charge < -0.3 is 5.11 Å². The molecule has 15 heavy (non-hydrogen) atoms. The highest BCUT2D eigenvalue weighted by Gasteiger charge is 2.14. The number of hydrogen-bond donors (Lipinski definition) is 1. The molecule has 0 spiro atoms. The zero-order chi connectivity index (χ0) is 10.8. The maximum Gasteiger partial charge on any atom is 0.177 e. The summed E-state index contributed by atoms with van der Waals surface area (Å²) >= 11 is 1.44. The van der Waals surface area contributed by atoms with Crippen LogP contribution < -0.4 is 0 Å². The van der Waals surface area contributed by atoms with Crippen LogP contribution in [-0.2, 0) is 13.5 Å². The van der Waals surface area contributed by atoms with Gasteiger partial charge in [-0.3, -0.25) is 0 Å². The van der Waals surface area contributed by atoms with E-state index in [-0.39, 0.29) is 0 Å². The van der Waals surface area contributed by atoms with E-state index in [0.717, 1.165) is 5.69 Å². The topological polar surface area (TPSA) is 76.7 Å². The van der Waals surface area contributed by atoms with Crippen LogP contribution in [0.5, 0.6) is 0 Å². The van der Waals surface area contributed by atoms with E-state index in [2.05, 4.69) is 20.4 Å². The van der Waals surface area contributed by atoms with E-state index in [1.54, 1.807) is 7.05 Å². The molecule has 2 rings (SSSR count). The minimum Gasteiger partial charge on any atom is -0.385 e. The third kappa shape index (κ3) is 2.37. The van der Waals surface area contributed by atoms with Crippen LogP contribution in [0.1, 0.15) is 22.6 Å². The number of aliphatic hydroxyl groups is 1. The maximum absolute atomic E-state index is 9.83. The standard InChI is InChI=1S/C8H11N5OS/c1-5-4-15-8(9-5)6(14)3-7-10-12-13(2)11-7/h4,6,14H,3H2,1-2H3. The number of aromatic nitrogens is 5. The largest absolute Gasteiger partial charge is 0.385 e. The number of tetrazole rings is 1. The Kier molecular flexibility index (Phi) is 2.74. The van der Waals surface area contributed by atoms with Gasteiger partial charge in [0.15, 0.2) is 5.82 Å². The molecule has 0 aliphatic carbocycles. The summed E-state index contributed by atoms with van der Waals surface area (Å²) in [6.07, 6.45) is -0.297. The van der Waals surface area contributed by atoms with Gasteiger partial charge in [0.2, 0.25) is 0 Å². The fourth-order valence-corrected chi connectivity index (χ4v) is 1.97. The van der Waals surface area contributed by atoms with Crippen LogP contribution in [0.3, 0.4) is 0 Å². The van der Waals surface area contributed by atoms with E-state index in [1.807, 2.05) is 12.3 Å². The molecule has 0 radical (unpaired) electrons. The lowest BCUT2D eigenvalue weighted by Gasteiger charge is -2.02. The number of thiazole rings is 1. The fourth-order valence-electron chi connectivity index (χ4n) is 1.19. The van der Waals surface area contributed by atoms with Crippen LogP contribution in [0.25, 0.3) is 0 Å². The van der Waals surface area contributed by atoms with Gasteiger partial charge in [0.05, 0.1) is 7.05 Å². The molecule has 6 nitrogen and oxygen atoms in total. The third-order valence-electron chi connectivity index (χ3n) is 1.85. The lowest BCUT2D eigenvalue weighted by Crippen LogP contribution is -2.03. The van der Waals surface area contributed by atoms with E-state index >= 15 is 0 Å². The van der Waals surface area contributed by atoms with Gasteiger partial charge in [-0.15, -0.1) is 21.5 Å². The summed E-state index contributed by atoms with van der Waals surface area (Å²) < 4.78 is 0. The number of nitrogens with zero attached hydrogens (tertiary/aromatic N) is 5. The first-order valence-electron chi connectivity index (χ1n) is 4.48. The van der Waals surface area contributed by atoms with Crippen molar-refractivity contribution in [2.45, 2.75) is 19.4 Å². The molecule has 0 bridgehead atoms. The zero-order valence-corrected chi connectivity index (χ0v) is 9.27. The molecule has 2 aromatic rings. The Hall–Kier alpha value is -1.34. The van der Waals surface area contributed by atoms with Crippen LogP contribution in [0, 0.1) is 6.92 Å². The molecular formula is C8H11N5OS. The Morgan fingerprint density at radius 3 is 2.93 bits per heavy atom. The molecule has 2 aromatic heterocycles. The SMILES string of the molecule is Cc1csc(C(O)Cc2nnn(C)n2)n1. The predicted octanol–water partition coefficient (Wildman–Crippen LogP) is 0.251. The predicted molar refractivity (Wildman–Crippen MR) is 54.3 cm³/mol. The maximum atomic E-state index is 9.83. The second-order valence-corrected chi connectivity index (χ2v) is 4.13. The second kappa shape index (κ2) is 4.03. The lowest BCUT2D eigenvalue weighted by molar-refractivity contribution is 0.175. The van der Waals surface area contributed by atoms with Crippen molar-refractivity contribution in [3.05, 3.63) is 21.9 Å². The molecule has 0 saturated carbocycles. The zero-order valence-electron chi connectivity index (χ0n) is 8.45. The number of hydrogen-bond acceptors (Lipinski definition) is 6. The first-order chi connectivity index (χ1) is 7.15. The van der Waals surface area contributed by atoms with Crippen molar-refractivity contribution in [3.8, 4) is 0 Å². The van der Waals surface area contributed by atoms with Gasteiger partial charge in [-0.2, -0.15) is 4.80 Å². The normalized spacial score (nSPS) is 13.0. The van der Waals surface area contributed by atoms with Crippen LogP contribution >= 0.6 is 11.3 Å². The Labute approximate surface area is 90.6 Å². The third-order valence-corrected chi connectivity index (χ3v) is 2.91. The fraction of sp³-hybridized carbons (Fsp3) is 0.500. The minimum absolute atomic E-state index is 0.348.